The monoisotopic (exact) mass is 391 g/mol. The predicted molar refractivity (Wildman–Crippen MR) is 120 cm³/mol. The SMILES string of the molecule is CCCC1(CCC)C(=O)N(C)c2cc(C3=C(C)c4[nH]ncc4CCC3)c(C)cc21. The summed E-state index contributed by atoms with van der Waals surface area (Å²) in [6, 6.07) is 4.60. The lowest BCUT2D eigenvalue weighted by Crippen LogP contribution is -2.38. The number of anilines is 1. The van der Waals surface area contributed by atoms with Crippen molar-refractivity contribution in [1.29, 1.82) is 0 Å². The van der Waals surface area contributed by atoms with E-state index in [2.05, 4.69) is 50.0 Å². The van der Waals surface area contributed by atoms with Crippen LogP contribution in [0.2, 0.25) is 0 Å². The number of H-pyrrole nitrogens is 1. The van der Waals surface area contributed by atoms with Crippen molar-refractivity contribution < 1.29 is 4.79 Å². The van der Waals surface area contributed by atoms with Crippen LogP contribution in [-0.2, 0) is 16.6 Å². The van der Waals surface area contributed by atoms with Gasteiger partial charge in [0, 0.05) is 12.7 Å². The Morgan fingerprint density at radius 1 is 1.14 bits per heavy atom. The highest BCUT2D eigenvalue weighted by molar-refractivity contribution is 6.08. The number of nitrogens with one attached hydrogen (secondary N) is 1. The summed E-state index contributed by atoms with van der Waals surface area (Å²) in [7, 11) is 1.95. The normalized spacial score (nSPS) is 18.1. The van der Waals surface area contributed by atoms with Crippen molar-refractivity contribution in [2.45, 2.75) is 78.1 Å². The molecular weight excluding hydrogens is 358 g/mol. The van der Waals surface area contributed by atoms with Gasteiger partial charge in [0.1, 0.15) is 0 Å². The summed E-state index contributed by atoms with van der Waals surface area (Å²) in [6.07, 6.45) is 9.10. The Balaban J connectivity index is 1.89. The van der Waals surface area contributed by atoms with E-state index in [9.17, 15) is 4.79 Å². The second kappa shape index (κ2) is 7.47. The molecule has 0 unspecified atom stereocenters. The zero-order valence-corrected chi connectivity index (χ0v) is 18.5. The van der Waals surface area contributed by atoms with Crippen LogP contribution in [0, 0.1) is 6.92 Å². The van der Waals surface area contributed by atoms with Crippen LogP contribution in [0.1, 0.15) is 87.2 Å². The largest absolute Gasteiger partial charge is 0.314 e. The smallest absolute Gasteiger partial charge is 0.237 e. The van der Waals surface area contributed by atoms with Gasteiger partial charge in [-0.25, -0.2) is 0 Å². The van der Waals surface area contributed by atoms with E-state index in [0.717, 1.165) is 50.6 Å². The minimum atomic E-state index is -0.347. The number of aromatic nitrogens is 2. The summed E-state index contributed by atoms with van der Waals surface area (Å²) in [4.78, 5) is 15.3. The zero-order valence-electron chi connectivity index (χ0n) is 18.5. The summed E-state index contributed by atoms with van der Waals surface area (Å²) in [5.74, 6) is 0.273. The van der Waals surface area contributed by atoms with Gasteiger partial charge in [0.15, 0.2) is 0 Å². The molecule has 1 aromatic heterocycles. The van der Waals surface area contributed by atoms with Crippen molar-refractivity contribution in [2.75, 3.05) is 11.9 Å². The van der Waals surface area contributed by atoms with E-state index < -0.39 is 0 Å². The number of benzene rings is 1. The van der Waals surface area contributed by atoms with Crippen molar-refractivity contribution in [1.82, 2.24) is 10.2 Å². The second-order valence-electron chi connectivity index (χ2n) is 8.86. The number of hydrogen-bond acceptors (Lipinski definition) is 2. The van der Waals surface area contributed by atoms with E-state index in [1.165, 1.54) is 39.1 Å². The zero-order chi connectivity index (χ0) is 20.8. The average Bonchev–Trinajstić information content (AvgIpc) is 3.19. The molecule has 1 N–H and O–H groups in total. The number of hydrogen-bond donors (Lipinski definition) is 1. The molecule has 29 heavy (non-hydrogen) atoms. The van der Waals surface area contributed by atoms with E-state index in [1.807, 2.05) is 18.1 Å². The minimum Gasteiger partial charge on any atom is -0.314 e. The highest BCUT2D eigenvalue weighted by atomic mass is 16.2. The van der Waals surface area contributed by atoms with Crippen molar-refractivity contribution in [3.63, 3.8) is 0 Å². The fraction of sp³-hybridized carbons (Fsp3) is 0.520. The second-order valence-corrected chi connectivity index (χ2v) is 8.86. The third-order valence-electron chi connectivity index (χ3n) is 7.03. The molecule has 0 atom stereocenters. The standard InChI is InChI=1S/C25H33N3O/c1-6-11-25(12-7-2)21-13-16(3)20(14-22(21)28(5)24(25)29)19-10-8-9-18-15-26-27-23(18)17(19)4/h13-15H,6-12H2,1-5H3,(H,26,27). The topological polar surface area (TPSA) is 49.0 Å². The molecule has 2 aromatic rings. The Morgan fingerprint density at radius 2 is 1.86 bits per heavy atom. The Kier molecular flexibility index (Phi) is 5.14. The lowest BCUT2D eigenvalue weighted by molar-refractivity contribution is -0.123. The van der Waals surface area contributed by atoms with Gasteiger partial charge in [-0.05, 0) is 85.4 Å². The maximum Gasteiger partial charge on any atom is 0.237 e. The summed E-state index contributed by atoms with van der Waals surface area (Å²) in [5.41, 5.74) is 9.72. The molecule has 0 spiro atoms. The molecule has 2 aliphatic rings. The summed E-state index contributed by atoms with van der Waals surface area (Å²) in [6.45, 7) is 8.79. The van der Waals surface area contributed by atoms with E-state index in [4.69, 9.17) is 0 Å². The van der Waals surface area contributed by atoms with Gasteiger partial charge in [0.2, 0.25) is 5.91 Å². The molecule has 1 aliphatic heterocycles. The molecular formula is C25H33N3O. The fourth-order valence-electron chi connectivity index (χ4n) is 5.65. The van der Waals surface area contributed by atoms with Crippen molar-refractivity contribution in [3.05, 3.63) is 46.3 Å². The number of aryl methyl sites for hydroxylation is 2. The van der Waals surface area contributed by atoms with Gasteiger partial charge >= 0.3 is 0 Å². The number of rotatable bonds is 5. The molecule has 0 radical (unpaired) electrons. The van der Waals surface area contributed by atoms with Crippen LogP contribution in [0.5, 0.6) is 0 Å². The van der Waals surface area contributed by atoms with E-state index in [-0.39, 0.29) is 11.3 Å². The molecule has 1 aromatic carbocycles. The molecule has 1 amide bonds. The van der Waals surface area contributed by atoms with E-state index >= 15 is 0 Å². The molecule has 154 valence electrons. The van der Waals surface area contributed by atoms with Crippen LogP contribution in [0.15, 0.2) is 18.3 Å². The Hall–Kier alpha value is -2.36. The Morgan fingerprint density at radius 3 is 2.55 bits per heavy atom. The highest BCUT2D eigenvalue weighted by Gasteiger charge is 2.48. The number of allylic oxidation sites excluding steroid dienone is 2. The van der Waals surface area contributed by atoms with Crippen LogP contribution in [0.25, 0.3) is 11.1 Å². The molecule has 0 fully saturated rings. The molecule has 1 aliphatic carbocycles. The number of aromatic amines is 1. The predicted octanol–water partition coefficient (Wildman–Crippen LogP) is 5.80. The van der Waals surface area contributed by atoms with Gasteiger partial charge in [0.25, 0.3) is 0 Å². The van der Waals surface area contributed by atoms with E-state index in [0.29, 0.717) is 0 Å². The maximum atomic E-state index is 13.4. The molecule has 4 heteroatoms. The maximum absolute atomic E-state index is 13.4. The molecule has 0 bridgehead atoms. The van der Waals surface area contributed by atoms with Gasteiger partial charge in [0.05, 0.1) is 17.3 Å². The quantitative estimate of drug-likeness (QED) is 0.700. The van der Waals surface area contributed by atoms with Gasteiger partial charge in [-0.15, -0.1) is 0 Å². The third kappa shape index (κ3) is 2.95. The van der Waals surface area contributed by atoms with Crippen LogP contribution in [-0.4, -0.2) is 23.2 Å². The van der Waals surface area contributed by atoms with Crippen molar-refractivity contribution in [3.8, 4) is 0 Å². The van der Waals surface area contributed by atoms with Gasteiger partial charge in [-0.1, -0.05) is 32.8 Å². The highest BCUT2D eigenvalue weighted by Crippen LogP contribution is 2.49. The summed E-state index contributed by atoms with van der Waals surface area (Å²) >= 11 is 0. The first kappa shape index (κ1) is 19.9. The van der Waals surface area contributed by atoms with Crippen LogP contribution >= 0.6 is 0 Å². The first-order chi connectivity index (χ1) is 13.9. The summed E-state index contributed by atoms with van der Waals surface area (Å²) in [5, 5.41) is 7.48. The molecule has 4 nitrogen and oxygen atoms in total. The van der Waals surface area contributed by atoms with Gasteiger partial charge in [-0.3, -0.25) is 9.89 Å². The number of fused-ring (bicyclic) bond motifs is 2. The third-order valence-corrected chi connectivity index (χ3v) is 7.03. The minimum absolute atomic E-state index is 0.273. The molecule has 4 rings (SSSR count). The Bertz CT molecular complexity index is 976. The van der Waals surface area contributed by atoms with Crippen LogP contribution < -0.4 is 4.90 Å². The summed E-state index contributed by atoms with van der Waals surface area (Å²) < 4.78 is 0. The average molecular weight is 392 g/mol. The fourth-order valence-corrected chi connectivity index (χ4v) is 5.65. The van der Waals surface area contributed by atoms with Gasteiger partial charge < -0.3 is 4.90 Å². The lowest BCUT2D eigenvalue weighted by atomic mass is 9.73. The van der Waals surface area contributed by atoms with Crippen LogP contribution in [0.4, 0.5) is 5.69 Å². The van der Waals surface area contributed by atoms with E-state index in [1.54, 1.807) is 0 Å². The lowest BCUT2D eigenvalue weighted by Gasteiger charge is -2.28. The Labute approximate surface area is 174 Å². The first-order valence-corrected chi connectivity index (χ1v) is 11.1. The first-order valence-electron chi connectivity index (χ1n) is 11.1. The molecule has 0 saturated carbocycles. The molecule has 2 heterocycles. The number of carbonyl (C=O) groups is 1. The van der Waals surface area contributed by atoms with Crippen molar-refractivity contribution in [2.24, 2.45) is 0 Å². The molecule has 0 saturated heterocycles. The van der Waals surface area contributed by atoms with Crippen molar-refractivity contribution >= 4 is 22.7 Å². The number of nitrogens with zero attached hydrogens (tertiary/aromatic N) is 2. The number of likely N-dealkylation sites (N-methyl/N-ethyl adjacent to an activating group) is 1. The van der Waals surface area contributed by atoms with Gasteiger partial charge in [-0.2, -0.15) is 5.10 Å². The number of carbonyl (C=O) groups excluding carboxylic acids is 1. The van der Waals surface area contributed by atoms with Crippen LogP contribution in [0.3, 0.4) is 0 Å². The number of amides is 1.